The van der Waals surface area contributed by atoms with Crippen LogP contribution in [0.15, 0.2) is 29.2 Å². The van der Waals surface area contributed by atoms with Crippen LogP contribution in [0.5, 0.6) is 5.75 Å². The Hall–Kier alpha value is -1.17. The molecule has 6 heteroatoms. The minimum absolute atomic E-state index is 0.0480. The number of hydrogen-bond donors (Lipinski definition) is 1. The Kier molecular flexibility index (Phi) is 3.18. The van der Waals surface area contributed by atoms with Crippen molar-refractivity contribution in [3.8, 4) is 5.75 Å². The van der Waals surface area contributed by atoms with Gasteiger partial charge < -0.3 is 4.74 Å². The van der Waals surface area contributed by atoms with E-state index in [1.54, 1.807) is 0 Å². The normalized spacial score (nSPS) is 10.8. The highest BCUT2D eigenvalue weighted by atomic mass is 32.2. The molecule has 0 aliphatic rings. The zero-order chi connectivity index (χ0) is 9.84. The van der Waals surface area contributed by atoms with Crippen LogP contribution in [0.2, 0.25) is 0 Å². The Morgan fingerprint density at radius 3 is 2.54 bits per heavy atom. The second-order valence-corrected chi connectivity index (χ2v) is 3.16. The number of benzene rings is 1. The van der Waals surface area contributed by atoms with Crippen LogP contribution >= 0.6 is 0 Å². The monoisotopic (exact) mass is 208 g/mol. The maximum Gasteiger partial charge on any atom is 0.387 e. The zero-order valence-corrected chi connectivity index (χ0v) is 7.21. The van der Waals surface area contributed by atoms with Crippen LogP contribution in [0.1, 0.15) is 0 Å². The molecule has 0 radical (unpaired) electrons. The van der Waals surface area contributed by atoms with Gasteiger partial charge in [0.25, 0.3) is 0 Å². The van der Waals surface area contributed by atoms with Gasteiger partial charge in [-0.05, 0) is 18.2 Å². The average molecular weight is 208 g/mol. The molecule has 0 saturated carbocycles. The fourth-order valence-corrected chi connectivity index (χ4v) is 1.21. The van der Waals surface area contributed by atoms with Crippen molar-refractivity contribution in [2.24, 2.45) is 0 Å². The summed E-state index contributed by atoms with van der Waals surface area (Å²) in [5.41, 5.74) is 0. The van der Waals surface area contributed by atoms with Gasteiger partial charge in [-0.15, -0.1) is 0 Å². The first-order chi connectivity index (χ1) is 6.09. The number of thiol groups is 1. The molecule has 0 spiro atoms. The van der Waals surface area contributed by atoms with E-state index in [4.69, 9.17) is 0 Å². The highest BCUT2D eigenvalue weighted by molar-refractivity contribution is 7.72. The molecule has 1 aromatic rings. The number of alkyl halides is 2. The van der Waals surface area contributed by atoms with Gasteiger partial charge >= 0.3 is 6.61 Å². The molecular formula is C7H6F2O3S. The van der Waals surface area contributed by atoms with Crippen molar-refractivity contribution in [1.82, 2.24) is 0 Å². The smallest absolute Gasteiger partial charge is 0.387 e. The van der Waals surface area contributed by atoms with Gasteiger partial charge in [0.2, 0.25) is 0 Å². The summed E-state index contributed by atoms with van der Waals surface area (Å²) in [6.45, 7) is -2.94. The molecule has 3 nitrogen and oxygen atoms in total. The first kappa shape index (κ1) is 9.91. The largest absolute Gasteiger partial charge is 0.435 e. The summed E-state index contributed by atoms with van der Waals surface area (Å²) in [6, 6.07) is 4.93. The van der Waals surface area contributed by atoms with Crippen LogP contribution in [-0.4, -0.2) is 15.0 Å². The van der Waals surface area contributed by atoms with E-state index < -0.39 is 17.3 Å². The average Bonchev–Trinajstić information content (AvgIpc) is 2.03. The Bertz CT molecular complexity index is 355. The summed E-state index contributed by atoms with van der Waals surface area (Å²) in [4.78, 5) is -0.0480. The van der Waals surface area contributed by atoms with Crippen LogP contribution in [0.25, 0.3) is 0 Å². The van der Waals surface area contributed by atoms with E-state index in [0.29, 0.717) is 0 Å². The molecule has 0 amide bonds. The highest BCUT2D eigenvalue weighted by Gasteiger charge is 2.04. The third kappa shape index (κ3) is 2.98. The summed E-state index contributed by atoms with van der Waals surface area (Å²) in [7, 11) is -2.76. The quantitative estimate of drug-likeness (QED) is 0.760. The van der Waals surface area contributed by atoms with Crippen LogP contribution in [0.4, 0.5) is 8.78 Å². The fourth-order valence-electron chi connectivity index (χ4n) is 0.773. The van der Waals surface area contributed by atoms with Crippen molar-refractivity contribution in [2.75, 3.05) is 0 Å². The summed E-state index contributed by atoms with van der Waals surface area (Å²) in [6.07, 6.45) is 0. The third-order valence-corrected chi connectivity index (χ3v) is 1.95. The van der Waals surface area contributed by atoms with E-state index in [0.717, 1.165) is 6.07 Å². The summed E-state index contributed by atoms with van der Waals surface area (Å²) in [5, 5.41) is 0. The molecule has 13 heavy (non-hydrogen) atoms. The lowest BCUT2D eigenvalue weighted by molar-refractivity contribution is -0.0499. The first-order valence-electron chi connectivity index (χ1n) is 3.29. The van der Waals surface area contributed by atoms with Crippen molar-refractivity contribution >= 4 is 10.7 Å². The van der Waals surface area contributed by atoms with Gasteiger partial charge in [0, 0.05) is 0 Å². The van der Waals surface area contributed by atoms with Gasteiger partial charge in [-0.1, -0.05) is 6.07 Å². The maximum absolute atomic E-state index is 11.7. The highest BCUT2D eigenvalue weighted by Crippen LogP contribution is 2.16. The van der Waals surface area contributed by atoms with Crippen molar-refractivity contribution in [1.29, 1.82) is 0 Å². The molecule has 72 valence electrons. The van der Waals surface area contributed by atoms with Crippen molar-refractivity contribution in [3.05, 3.63) is 24.3 Å². The van der Waals surface area contributed by atoms with Gasteiger partial charge in [0.15, 0.2) is 10.7 Å². The van der Waals surface area contributed by atoms with Crippen LogP contribution in [0, 0.1) is 0 Å². The summed E-state index contributed by atoms with van der Waals surface area (Å²) >= 11 is 0. The van der Waals surface area contributed by atoms with E-state index in [-0.39, 0.29) is 10.6 Å². The summed E-state index contributed by atoms with van der Waals surface area (Å²) in [5.74, 6) is -0.160. The molecule has 0 bridgehead atoms. The minimum Gasteiger partial charge on any atom is -0.435 e. The SMILES string of the molecule is O=[SH](=O)c1cccc(OC(F)F)c1. The predicted molar refractivity (Wildman–Crippen MR) is 41.7 cm³/mol. The van der Waals surface area contributed by atoms with Crippen molar-refractivity contribution in [3.63, 3.8) is 0 Å². The van der Waals surface area contributed by atoms with Gasteiger partial charge in [0.1, 0.15) is 5.75 Å². The number of ether oxygens (including phenoxy) is 1. The van der Waals surface area contributed by atoms with Crippen molar-refractivity contribution in [2.45, 2.75) is 11.5 Å². The first-order valence-corrected chi connectivity index (χ1v) is 4.46. The number of rotatable bonds is 3. The van der Waals surface area contributed by atoms with Crippen molar-refractivity contribution < 1.29 is 21.9 Å². The molecule has 0 saturated heterocycles. The summed E-state index contributed by atoms with van der Waals surface area (Å²) < 4.78 is 48.2. The van der Waals surface area contributed by atoms with Gasteiger partial charge in [-0.25, -0.2) is 8.42 Å². The zero-order valence-electron chi connectivity index (χ0n) is 6.31. The van der Waals surface area contributed by atoms with E-state index >= 15 is 0 Å². The molecule has 1 aromatic carbocycles. The predicted octanol–water partition coefficient (Wildman–Crippen LogP) is 1.26. The molecule has 0 aliphatic heterocycles. The van der Waals surface area contributed by atoms with Gasteiger partial charge in [0.05, 0.1) is 4.90 Å². The standard InChI is InChI=1S/C7H6F2O3S/c8-7(9)12-5-2-1-3-6(4-5)13(10)11/h1-4,7,13H. The second kappa shape index (κ2) is 4.18. The van der Waals surface area contributed by atoms with Crippen LogP contribution in [0.3, 0.4) is 0 Å². The Balaban J connectivity index is 2.92. The minimum atomic E-state index is -2.94. The molecule has 0 unspecified atom stereocenters. The Morgan fingerprint density at radius 2 is 2.00 bits per heavy atom. The topological polar surface area (TPSA) is 43.4 Å². The molecular weight excluding hydrogens is 202 g/mol. The molecule has 0 aliphatic carbocycles. The molecule has 0 N–H and O–H groups in total. The lowest BCUT2D eigenvalue weighted by atomic mass is 10.3. The number of hydrogen-bond acceptors (Lipinski definition) is 3. The Labute approximate surface area is 74.9 Å². The molecule has 0 fully saturated rings. The van der Waals surface area contributed by atoms with Gasteiger partial charge in [-0.3, -0.25) is 0 Å². The second-order valence-electron chi connectivity index (χ2n) is 2.13. The third-order valence-electron chi connectivity index (χ3n) is 1.25. The maximum atomic E-state index is 11.7. The lowest BCUT2D eigenvalue weighted by Crippen LogP contribution is -2.01. The lowest BCUT2D eigenvalue weighted by Gasteiger charge is -2.03. The van der Waals surface area contributed by atoms with Crippen LogP contribution in [-0.2, 0) is 10.7 Å². The number of halogens is 2. The molecule has 0 atom stereocenters. The Morgan fingerprint density at radius 1 is 1.31 bits per heavy atom. The van der Waals surface area contributed by atoms with E-state index in [9.17, 15) is 17.2 Å². The van der Waals surface area contributed by atoms with E-state index in [2.05, 4.69) is 4.74 Å². The molecule has 0 aromatic heterocycles. The van der Waals surface area contributed by atoms with E-state index in [1.807, 2.05) is 0 Å². The van der Waals surface area contributed by atoms with E-state index in [1.165, 1.54) is 18.2 Å². The van der Waals surface area contributed by atoms with Gasteiger partial charge in [-0.2, -0.15) is 8.78 Å². The molecule has 0 heterocycles. The fraction of sp³-hybridized carbons (Fsp3) is 0.143. The van der Waals surface area contributed by atoms with Crippen LogP contribution < -0.4 is 4.74 Å². The molecule has 1 rings (SSSR count).